The Morgan fingerprint density at radius 2 is 1.86 bits per heavy atom. The second-order valence-corrected chi connectivity index (χ2v) is 5.39. The van der Waals surface area contributed by atoms with Gasteiger partial charge < -0.3 is 5.73 Å². The molecular weight excluding hydrogens is 347 g/mol. The van der Waals surface area contributed by atoms with E-state index in [0.717, 1.165) is 12.1 Å². The molecule has 0 bridgehead atoms. The molecule has 21 heavy (non-hydrogen) atoms. The molecular formula is C15H11BrF3NO. The van der Waals surface area contributed by atoms with Crippen molar-refractivity contribution in [2.45, 2.75) is 12.6 Å². The second-order valence-electron chi connectivity index (χ2n) is 4.54. The number of benzene rings is 2. The maximum Gasteiger partial charge on any atom is 0.416 e. The van der Waals surface area contributed by atoms with Crippen LogP contribution in [0.5, 0.6) is 0 Å². The van der Waals surface area contributed by atoms with Crippen molar-refractivity contribution in [3.63, 3.8) is 0 Å². The van der Waals surface area contributed by atoms with Gasteiger partial charge in [0, 0.05) is 22.1 Å². The molecule has 0 heterocycles. The van der Waals surface area contributed by atoms with Crippen LogP contribution in [0.3, 0.4) is 0 Å². The van der Waals surface area contributed by atoms with Gasteiger partial charge in [0.1, 0.15) is 0 Å². The number of carbonyl (C=O) groups is 1. The number of halogens is 4. The highest BCUT2D eigenvalue weighted by Gasteiger charge is 2.30. The van der Waals surface area contributed by atoms with E-state index in [1.54, 1.807) is 12.1 Å². The van der Waals surface area contributed by atoms with Crippen molar-refractivity contribution in [3.05, 3.63) is 63.6 Å². The van der Waals surface area contributed by atoms with Crippen LogP contribution < -0.4 is 5.73 Å². The van der Waals surface area contributed by atoms with E-state index in [9.17, 15) is 18.0 Å². The summed E-state index contributed by atoms with van der Waals surface area (Å²) in [6, 6.07) is 9.51. The summed E-state index contributed by atoms with van der Waals surface area (Å²) in [5.41, 5.74) is 5.94. The zero-order valence-corrected chi connectivity index (χ0v) is 12.3. The van der Waals surface area contributed by atoms with Gasteiger partial charge >= 0.3 is 6.18 Å². The summed E-state index contributed by atoms with van der Waals surface area (Å²) in [4.78, 5) is 12.2. The minimum atomic E-state index is -4.42. The molecule has 0 saturated carbocycles. The largest absolute Gasteiger partial charge is 0.416 e. The van der Waals surface area contributed by atoms with Gasteiger partial charge in [0.05, 0.1) is 5.56 Å². The molecule has 2 aromatic carbocycles. The van der Waals surface area contributed by atoms with E-state index in [1.165, 1.54) is 18.2 Å². The molecule has 2 nitrogen and oxygen atoms in total. The van der Waals surface area contributed by atoms with Gasteiger partial charge in [0.2, 0.25) is 0 Å². The van der Waals surface area contributed by atoms with Crippen molar-refractivity contribution in [1.82, 2.24) is 0 Å². The summed E-state index contributed by atoms with van der Waals surface area (Å²) in [6.45, 7) is 0. The van der Waals surface area contributed by atoms with Gasteiger partial charge in [0.15, 0.2) is 5.78 Å². The monoisotopic (exact) mass is 357 g/mol. The molecule has 110 valence electrons. The van der Waals surface area contributed by atoms with Gasteiger partial charge in [-0.05, 0) is 29.8 Å². The number of anilines is 1. The fourth-order valence-electron chi connectivity index (χ4n) is 1.89. The predicted molar refractivity (Wildman–Crippen MR) is 78.0 cm³/mol. The number of alkyl halides is 3. The third kappa shape index (κ3) is 3.85. The van der Waals surface area contributed by atoms with Gasteiger partial charge in [-0.25, -0.2) is 0 Å². The van der Waals surface area contributed by atoms with E-state index in [-0.39, 0.29) is 12.2 Å². The first-order chi connectivity index (χ1) is 9.77. The van der Waals surface area contributed by atoms with Crippen LogP contribution >= 0.6 is 15.9 Å². The van der Waals surface area contributed by atoms with Gasteiger partial charge in [-0.1, -0.05) is 34.1 Å². The lowest BCUT2D eigenvalue weighted by Gasteiger charge is -2.09. The van der Waals surface area contributed by atoms with Crippen molar-refractivity contribution < 1.29 is 18.0 Å². The van der Waals surface area contributed by atoms with E-state index in [2.05, 4.69) is 15.9 Å². The van der Waals surface area contributed by atoms with Gasteiger partial charge in [-0.2, -0.15) is 13.2 Å². The van der Waals surface area contributed by atoms with Crippen molar-refractivity contribution in [2.75, 3.05) is 5.73 Å². The summed E-state index contributed by atoms with van der Waals surface area (Å²) in [5, 5.41) is 0. The fourth-order valence-corrected chi connectivity index (χ4v) is 2.36. The number of hydrogen-bond acceptors (Lipinski definition) is 2. The summed E-state index contributed by atoms with van der Waals surface area (Å²) >= 11 is 3.23. The fraction of sp³-hybridized carbons (Fsp3) is 0.133. The molecule has 0 spiro atoms. The summed E-state index contributed by atoms with van der Waals surface area (Å²) < 4.78 is 38.5. The molecule has 2 aromatic rings. The summed E-state index contributed by atoms with van der Waals surface area (Å²) in [5.74, 6) is -0.298. The summed E-state index contributed by atoms with van der Waals surface area (Å²) in [7, 11) is 0. The van der Waals surface area contributed by atoms with Gasteiger partial charge in [-0.3, -0.25) is 4.79 Å². The lowest BCUT2D eigenvalue weighted by molar-refractivity contribution is -0.137. The molecule has 0 amide bonds. The van der Waals surface area contributed by atoms with E-state index in [1.807, 2.05) is 0 Å². The van der Waals surface area contributed by atoms with Gasteiger partial charge in [-0.15, -0.1) is 0 Å². The smallest absolute Gasteiger partial charge is 0.399 e. The van der Waals surface area contributed by atoms with Crippen molar-refractivity contribution in [3.8, 4) is 0 Å². The zero-order valence-electron chi connectivity index (χ0n) is 10.7. The average molecular weight is 358 g/mol. The predicted octanol–water partition coefficient (Wildman–Crippen LogP) is 4.48. The molecule has 6 heteroatoms. The Morgan fingerprint density at radius 3 is 2.52 bits per heavy atom. The highest BCUT2D eigenvalue weighted by molar-refractivity contribution is 9.10. The van der Waals surface area contributed by atoms with E-state index >= 15 is 0 Å². The first-order valence-electron chi connectivity index (χ1n) is 6.02. The lowest BCUT2D eigenvalue weighted by atomic mass is 10.0. The first-order valence-corrected chi connectivity index (χ1v) is 6.81. The highest BCUT2D eigenvalue weighted by Crippen LogP contribution is 2.30. The lowest BCUT2D eigenvalue weighted by Crippen LogP contribution is -2.08. The SMILES string of the molecule is Nc1ccc(Br)c(C(=O)Cc2cccc(C(F)(F)F)c2)c1. The first kappa shape index (κ1) is 15.6. The van der Waals surface area contributed by atoms with Crippen molar-refractivity contribution in [1.29, 1.82) is 0 Å². The number of rotatable bonds is 3. The third-order valence-electron chi connectivity index (χ3n) is 2.91. The second kappa shape index (κ2) is 5.89. The maximum absolute atomic E-state index is 12.6. The molecule has 0 aliphatic carbocycles. The highest BCUT2D eigenvalue weighted by atomic mass is 79.9. The molecule has 0 unspecified atom stereocenters. The van der Waals surface area contributed by atoms with Gasteiger partial charge in [0.25, 0.3) is 0 Å². The van der Waals surface area contributed by atoms with Crippen LogP contribution in [0.1, 0.15) is 21.5 Å². The molecule has 0 saturated heterocycles. The van der Waals surface area contributed by atoms with Crippen LogP contribution in [0.2, 0.25) is 0 Å². The van der Waals surface area contributed by atoms with E-state index in [4.69, 9.17) is 5.73 Å². The minimum Gasteiger partial charge on any atom is -0.399 e. The van der Waals surface area contributed by atoms with Crippen LogP contribution in [0.15, 0.2) is 46.9 Å². The molecule has 2 N–H and O–H groups in total. The standard InChI is InChI=1S/C15H11BrF3NO/c16-13-5-4-11(20)8-12(13)14(21)7-9-2-1-3-10(6-9)15(17,18)19/h1-6,8H,7,20H2. The maximum atomic E-state index is 12.6. The van der Waals surface area contributed by atoms with Crippen molar-refractivity contribution in [2.24, 2.45) is 0 Å². The molecule has 0 aliphatic rings. The molecule has 0 aliphatic heterocycles. The number of Topliss-reactive ketones (excluding diaryl/α,β-unsaturated/α-hetero) is 1. The number of carbonyl (C=O) groups excluding carboxylic acids is 1. The molecule has 0 atom stereocenters. The Balaban J connectivity index is 2.26. The Hall–Kier alpha value is -1.82. The topological polar surface area (TPSA) is 43.1 Å². The van der Waals surface area contributed by atoms with Crippen LogP contribution in [-0.2, 0) is 12.6 Å². The normalized spacial score (nSPS) is 11.4. The van der Waals surface area contributed by atoms with Crippen LogP contribution in [-0.4, -0.2) is 5.78 Å². The Kier molecular flexibility index (Phi) is 4.37. The quantitative estimate of drug-likeness (QED) is 0.650. The van der Waals surface area contributed by atoms with Crippen molar-refractivity contribution >= 4 is 27.4 Å². The molecule has 2 rings (SSSR count). The number of nitrogen functional groups attached to an aromatic ring is 1. The minimum absolute atomic E-state index is 0.119. The van der Waals surface area contributed by atoms with E-state index < -0.39 is 11.7 Å². The number of nitrogens with two attached hydrogens (primary N) is 1. The Bertz CT molecular complexity index is 683. The molecule has 0 fully saturated rings. The number of hydrogen-bond donors (Lipinski definition) is 1. The number of ketones is 1. The average Bonchev–Trinajstić information content (AvgIpc) is 2.41. The van der Waals surface area contributed by atoms with Crippen LogP contribution in [0.25, 0.3) is 0 Å². The van der Waals surface area contributed by atoms with Crippen LogP contribution in [0.4, 0.5) is 18.9 Å². The third-order valence-corrected chi connectivity index (χ3v) is 3.60. The Morgan fingerprint density at radius 1 is 1.14 bits per heavy atom. The Labute approximate surface area is 127 Å². The molecule has 0 aromatic heterocycles. The summed E-state index contributed by atoms with van der Waals surface area (Å²) in [6.07, 6.45) is -4.54. The van der Waals surface area contributed by atoms with E-state index in [0.29, 0.717) is 21.3 Å². The van der Waals surface area contributed by atoms with Crippen LogP contribution in [0, 0.1) is 0 Å². The zero-order chi connectivity index (χ0) is 15.6. The molecule has 0 radical (unpaired) electrons.